The molecule has 0 aliphatic heterocycles. The van der Waals surface area contributed by atoms with Gasteiger partial charge in [-0.3, -0.25) is 0 Å². The molecule has 112 valence electrons. The van der Waals surface area contributed by atoms with Crippen LogP contribution in [0.1, 0.15) is 38.2 Å². The van der Waals surface area contributed by atoms with Crippen LogP contribution in [-0.4, -0.2) is 35.7 Å². The van der Waals surface area contributed by atoms with E-state index in [0.29, 0.717) is 0 Å². The van der Waals surface area contributed by atoms with Gasteiger partial charge in [-0.25, -0.2) is 0 Å². The van der Waals surface area contributed by atoms with E-state index in [9.17, 15) is 5.11 Å². The minimum absolute atomic E-state index is 0.0461. The van der Waals surface area contributed by atoms with Crippen molar-refractivity contribution in [2.45, 2.75) is 50.7 Å². The van der Waals surface area contributed by atoms with Gasteiger partial charge in [0.05, 0.1) is 6.10 Å². The summed E-state index contributed by atoms with van der Waals surface area (Å²) < 4.78 is 1.25. The first-order chi connectivity index (χ1) is 9.44. The number of benzene rings is 1. The van der Waals surface area contributed by atoms with Crippen LogP contribution in [-0.2, 0) is 6.42 Å². The fourth-order valence-electron chi connectivity index (χ4n) is 3.37. The van der Waals surface area contributed by atoms with Crippen molar-refractivity contribution in [1.29, 1.82) is 0 Å². The lowest BCUT2D eigenvalue weighted by Gasteiger charge is -2.47. The van der Waals surface area contributed by atoms with Gasteiger partial charge >= 0.3 is 0 Å². The van der Waals surface area contributed by atoms with Crippen molar-refractivity contribution in [3.63, 3.8) is 0 Å². The molecule has 0 heterocycles. The van der Waals surface area contributed by atoms with Crippen molar-refractivity contribution in [2.75, 3.05) is 14.1 Å². The highest BCUT2D eigenvalue weighted by atomic mass is 127. The topological polar surface area (TPSA) is 23.5 Å². The first-order valence-corrected chi connectivity index (χ1v) is 8.62. The summed E-state index contributed by atoms with van der Waals surface area (Å²) in [6.07, 6.45) is 5.12. The lowest BCUT2D eigenvalue weighted by molar-refractivity contribution is -0.0382. The number of hydrogen-bond donors (Lipinski definition) is 1. The molecule has 1 aromatic carbocycles. The maximum atomic E-state index is 10.9. The quantitative estimate of drug-likeness (QED) is 0.797. The summed E-state index contributed by atoms with van der Waals surface area (Å²) in [4.78, 5) is 2.26. The number of aliphatic hydroxyl groups excluding tert-OH is 1. The molecule has 1 aliphatic carbocycles. The second-order valence-electron chi connectivity index (χ2n) is 6.53. The van der Waals surface area contributed by atoms with Crippen LogP contribution < -0.4 is 0 Å². The average Bonchev–Trinajstić information content (AvgIpc) is 2.42. The van der Waals surface area contributed by atoms with Crippen LogP contribution in [0.25, 0.3) is 0 Å². The van der Waals surface area contributed by atoms with Gasteiger partial charge in [-0.2, -0.15) is 0 Å². The number of hydrogen-bond acceptors (Lipinski definition) is 2. The molecule has 0 spiro atoms. The molecule has 0 bridgehead atoms. The van der Waals surface area contributed by atoms with Crippen molar-refractivity contribution in [3.05, 3.63) is 33.4 Å². The molecule has 1 unspecified atom stereocenters. The van der Waals surface area contributed by atoms with Gasteiger partial charge in [-0.05, 0) is 86.0 Å². The highest BCUT2D eigenvalue weighted by molar-refractivity contribution is 14.1. The van der Waals surface area contributed by atoms with Gasteiger partial charge in [-0.15, -0.1) is 0 Å². The van der Waals surface area contributed by atoms with Gasteiger partial charge < -0.3 is 10.0 Å². The zero-order chi connectivity index (χ0) is 14.8. The summed E-state index contributed by atoms with van der Waals surface area (Å²) in [5.41, 5.74) is 1.19. The Morgan fingerprint density at radius 3 is 2.30 bits per heavy atom. The van der Waals surface area contributed by atoms with Gasteiger partial charge in [0.15, 0.2) is 0 Å². The van der Waals surface area contributed by atoms with Crippen LogP contribution in [0, 0.1) is 9.49 Å². The molecule has 0 radical (unpaired) electrons. The van der Waals surface area contributed by atoms with Crippen molar-refractivity contribution >= 4 is 22.6 Å². The second-order valence-corrected chi connectivity index (χ2v) is 7.77. The second kappa shape index (κ2) is 6.75. The Hall–Kier alpha value is -0.130. The monoisotopic (exact) mass is 387 g/mol. The van der Waals surface area contributed by atoms with Gasteiger partial charge in [0.25, 0.3) is 0 Å². The smallest absolute Gasteiger partial charge is 0.0763 e. The van der Waals surface area contributed by atoms with E-state index in [1.54, 1.807) is 0 Å². The van der Waals surface area contributed by atoms with E-state index in [0.717, 1.165) is 25.2 Å². The molecule has 1 fully saturated rings. The lowest BCUT2D eigenvalue weighted by Crippen LogP contribution is -2.56. The first kappa shape index (κ1) is 16.2. The van der Waals surface area contributed by atoms with Crippen molar-refractivity contribution in [1.82, 2.24) is 4.90 Å². The number of likely N-dealkylation sites (N-methyl/N-ethyl adjacent to an activating group) is 1. The molecule has 1 N–H and O–H groups in total. The summed E-state index contributed by atoms with van der Waals surface area (Å²) in [6, 6.07) is 8.52. The predicted octanol–water partition coefficient (Wildman–Crippen LogP) is 3.71. The summed E-state index contributed by atoms with van der Waals surface area (Å²) in [7, 11) is 4.24. The average molecular weight is 387 g/mol. The van der Waals surface area contributed by atoms with E-state index < -0.39 is 0 Å². The van der Waals surface area contributed by atoms with E-state index in [4.69, 9.17) is 0 Å². The Bertz CT molecular complexity index is 421. The Balaban J connectivity index is 2.11. The molecule has 0 aromatic heterocycles. The molecule has 1 saturated carbocycles. The third kappa shape index (κ3) is 3.55. The molecule has 3 heteroatoms. The molecular weight excluding hydrogens is 361 g/mol. The third-order valence-corrected chi connectivity index (χ3v) is 5.71. The predicted molar refractivity (Wildman–Crippen MR) is 92.9 cm³/mol. The molecule has 20 heavy (non-hydrogen) atoms. The Labute approximate surface area is 136 Å². The van der Waals surface area contributed by atoms with E-state index in [-0.39, 0.29) is 11.6 Å². The summed E-state index contributed by atoms with van der Waals surface area (Å²) in [5, 5.41) is 10.9. The largest absolute Gasteiger partial charge is 0.391 e. The first-order valence-electron chi connectivity index (χ1n) is 7.54. The molecule has 1 aliphatic rings. The maximum Gasteiger partial charge on any atom is 0.0763 e. The Morgan fingerprint density at radius 1 is 1.25 bits per heavy atom. The molecule has 2 nitrogen and oxygen atoms in total. The summed E-state index contributed by atoms with van der Waals surface area (Å²) >= 11 is 2.32. The van der Waals surface area contributed by atoms with Crippen LogP contribution in [0.15, 0.2) is 24.3 Å². The SMILES string of the molecule is CC1CCC(C(O)Cc2ccc(I)cc2)(N(C)C)CC1. The lowest BCUT2D eigenvalue weighted by atomic mass is 9.72. The van der Waals surface area contributed by atoms with Crippen LogP contribution in [0.4, 0.5) is 0 Å². The summed E-state index contributed by atoms with van der Waals surface area (Å²) in [5.74, 6) is 0.800. The van der Waals surface area contributed by atoms with Crippen LogP contribution in [0.2, 0.25) is 0 Å². The molecule has 0 amide bonds. The van der Waals surface area contributed by atoms with Crippen LogP contribution in [0.5, 0.6) is 0 Å². The zero-order valence-electron chi connectivity index (χ0n) is 12.8. The number of aliphatic hydroxyl groups is 1. The van der Waals surface area contributed by atoms with Crippen LogP contribution in [0.3, 0.4) is 0 Å². The van der Waals surface area contributed by atoms with Gasteiger partial charge in [0, 0.05) is 15.5 Å². The zero-order valence-corrected chi connectivity index (χ0v) is 14.9. The van der Waals surface area contributed by atoms with Crippen molar-refractivity contribution < 1.29 is 5.11 Å². The Kier molecular flexibility index (Phi) is 5.49. The highest BCUT2D eigenvalue weighted by Crippen LogP contribution is 2.38. The van der Waals surface area contributed by atoms with Gasteiger partial charge in [0.2, 0.25) is 0 Å². The molecule has 2 rings (SSSR count). The molecular formula is C17H26INO. The van der Waals surface area contributed by atoms with Crippen molar-refractivity contribution in [3.8, 4) is 0 Å². The molecule has 0 saturated heterocycles. The van der Waals surface area contributed by atoms with Crippen molar-refractivity contribution in [2.24, 2.45) is 5.92 Å². The fraction of sp³-hybridized carbons (Fsp3) is 0.647. The number of halogens is 1. The standard InChI is InChI=1S/C17H26INO/c1-13-8-10-17(11-9-13,19(2)3)16(20)12-14-4-6-15(18)7-5-14/h4-7,13,16,20H,8-12H2,1-3H3. The fourth-order valence-corrected chi connectivity index (χ4v) is 3.73. The van der Waals surface area contributed by atoms with Gasteiger partial charge in [-0.1, -0.05) is 19.1 Å². The normalized spacial score (nSPS) is 28.6. The third-order valence-electron chi connectivity index (χ3n) is 4.99. The number of nitrogens with zero attached hydrogens (tertiary/aromatic N) is 1. The van der Waals surface area contributed by atoms with Gasteiger partial charge in [0.1, 0.15) is 0 Å². The molecule has 1 atom stereocenters. The van der Waals surface area contributed by atoms with E-state index in [2.05, 4.69) is 72.8 Å². The number of rotatable bonds is 4. The highest BCUT2D eigenvalue weighted by Gasteiger charge is 2.42. The van der Waals surface area contributed by atoms with Crippen LogP contribution >= 0.6 is 22.6 Å². The Morgan fingerprint density at radius 2 is 1.80 bits per heavy atom. The molecule has 1 aromatic rings. The van der Waals surface area contributed by atoms with E-state index >= 15 is 0 Å². The maximum absolute atomic E-state index is 10.9. The summed E-state index contributed by atoms with van der Waals surface area (Å²) in [6.45, 7) is 2.32. The minimum atomic E-state index is -0.287. The van der Waals surface area contributed by atoms with E-state index in [1.807, 2.05) is 0 Å². The van der Waals surface area contributed by atoms with E-state index in [1.165, 1.54) is 22.0 Å². The minimum Gasteiger partial charge on any atom is -0.391 e.